The van der Waals surface area contributed by atoms with Crippen molar-refractivity contribution in [2.24, 2.45) is 5.92 Å². The molecule has 7 atom stereocenters. The van der Waals surface area contributed by atoms with Crippen LogP contribution in [0.5, 0.6) is 0 Å². The van der Waals surface area contributed by atoms with E-state index in [2.05, 4.69) is 55.5 Å². The van der Waals surface area contributed by atoms with Gasteiger partial charge in [0.1, 0.15) is 35.2 Å². The van der Waals surface area contributed by atoms with E-state index in [1.165, 1.54) is 40.1 Å². The Balaban J connectivity index is 0.00000360. The fourth-order valence-corrected chi connectivity index (χ4v) is 12.1. The van der Waals surface area contributed by atoms with Gasteiger partial charge in [-0.05, 0) is 154 Å². The summed E-state index contributed by atoms with van der Waals surface area (Å²) >= 11 is 0. The number of hydrogen-bond acceptors (Lipinski definition) is 13. The molecule has 87 heavy (non-hydrogen) atoms. The molecule has 3 saturated heterocycles. The molecule has 6 N–H and O–H groups in total. The lowest BCUT2D eigenvalue weighted by atomic mass is 9.82. The highest BCUT2D eigenvalue weighted by Crippen LogP contribution is 2.41. The number of para-hydroxylation sites is 1. The molecule has 3 fully saturated rings. The van der Waals surface area contributed by atoms with E-state index in [1.807, 2.05) is 25.1 Å². The number of piperazine rings is 1. The van der Waals surface area contributed by atoms with Crippen LogP contribution in [0.1, 0.15) is 84.8 Å². The predicted octanol–water partition coefficient (Wildman–Crippen LogP) is 7.38. The predicted molar refractivity (Wildman–Crippen MR) is 334 cm³/mol. The molecular weight excluding hydrogens is 1190 g/mol. The Kier molecular flexibility index (Phi) is 23.1. The van der Waals surface area contributed by atoms with Gasteiger partial charge in [-0.2, -0.15) is 0 Å². The average Bonchev–Trinajstić information content (AvgIpc) is 2.30. The molecule has 1 unspecified atom stereocenters. The van der Waals surface area contributed by atoms with Crippen LogP contribution in [-0.4, -0.2) is 153 Å². The number of nitrogens with one attached hydrogen (secondary N) is 6. The largest absolute Gasteiger partial charge is 0.383 e. The maximum Gasteiger partial charge on any atom is 0.255 e. The number of morpholine rings is 1. The number of likely N-dealkylation sites (N-methyl/N-ethyl adjacent to an activating group) is 1. The lowest BCUT2D eigenvalue weighted by Gasteiger charge is -2.44. The third-order valence-corrected chi connectivity index (χ3v) is 17.2. The molecule has 0 aromatic heterocycles. The van der Waals surface area contributed by atoms with E-state index in [1.54, 1.807) is 50.4 Å². The fraction of sp³-hybridized carbons (Fsp3) is 0.429. The van der Waals surface area contributed by atoms with Gasteiger partial charge < -0.3 is 46.3 Å². The maximum absolute atomic E-state index is 15.4. The van der Waals surface area contributed by atoms with E-state index in [9.17, 15) is 23.6 Å². The molecule has 6 amide bonds. The first kappa shape index (κ1) is 67.8. The summed E-state index contributed by atoms with van der Waals surface area (Å²) in [5.41, 5.74) is 2.87. The van der Waals surface area contributed by atoms with Gasteiger partial charge in [-0.3, -0.25) is 38.6 Å². The highest BCUT2D eigenvalue weighted by molar-refractivity contribution is 6.20. The van der Waals surface area contributed by atoms with Crippen molar-refractivity contribution in [3.05, 3.63) is 154 Å². The number of hydrogen-bond donors (Lipinski definition) is 6. The van der Waals surface area contributed by atoms with E-state index in [4.69, 9.17) is 9.47 Å². The molecule has 5 aliphatic rings. The Hall–Kier alpha value is -6.66. The number of carbonyl (C=O) groups excluding carboxylic acids is 6. The van der Waals surface area contributed by atoms with Gasteiger partial charge in [-0.15, -0.1) is 37.2 Å². The van der Waals surface area contributed by atoms with Crippen molar-refractivity contribution < 1.29 is 51.4 Å². The van der Waals surface area contributed by atoms with Crippen LogP contribution >= 0.6 is 37.2 Å². The van der Waals surface area contributed by atoms with Crippen LogP contribution in [0.25, 0.3) is 0 Å². The van der Waals surface area contributed by atoms with Crippen molar-refractivity contribution in [1.29, 1.82) is 0 Å². The van der Waals surface area contributed by atoms with Crippen molar-refractivity contribution in [3.8, 4) is 0 Å². The highest BCUT2D eigenvalue weighted by Gasteiger charge is 2.48. The van der Waals surface area contributed by atoms with Crippen molar-refractivity contribution in [2.45, 2.75) is 95.2 Å². The molecule has 5 aliphatic heterocycles. The molecule has 5 heterocycles. The van der Waals surface area contributed by atoms with E-state index in [0.717, 1.165) is 41.6 Å². The number of ether oxygens (including phenoxy) is 2. The first-order chi connectivity index (χ1) is 40.4. The summed E-state index contributed by atoms with van der Waals surface area (Å²) < 4.78 is 55.3. The molecule has 5 aromatic carbocycles. The summed E-state index contributed by atoms with van der Waals surface area (Å²) in [5.74, 6) is -6.16. The highest BCUT2D eigenvalue weighted by atomic mass is 35.5. The second kappa shape index (κ2) is 29.6. The molecule has 18 nitrogen and oxygen atoms in total. The molecule has 468 valence electrons. The monoisotopic (exact) mass is 1260 g/mol. The molecule has 0 radical (unpaired) electrons. The number of halogens is 6. The van der Waals surface area contributed by atoms with Crippen LogP contribution in [0.2, 0.25) is 0 Å². The number of imide groups is 1. The molecule has 0 saturated carbocycles. The summed E-state index contributed by atoms with van der Waals surface area (Å²) in [6.45, 7) is 12.3. The minimum absolute atomic E-state index is 0. The van der Waals surface area contributed by atoms with Gasteiger partial charge in [0.15, 0.2) is 0 Å². The topological polar surface area (TPSA) is 206 Å². The standard InChI is InChI=1S/C63H73F3N10O8.3ClH/c1-37-31-74(48(30-68-37)33-73-23-26-84-35-38(73)2)34-54(77)76(62(82)63(4)36-69-53-28-41(11-20-50(53)63)27-40-9-15-45(64)16-10-40)47-18-13-43(14-19-47)59(79)70-46-17-12-44-32-75(57(49(44)29-46)60(80)72-56-51(65)7-6-8-52(56)66)61(81)55(42-21-24-83-25-22-42)71-58(78)39(3)67-5;;;/h6-20,28-29,37-39,42,48,55,57,67-69H,21-27,30-36H2,1-5H3,(H,70,79)(H,71,78)(H,72,80);3*1H/t37-,38-,39+,48-,55+,57+,63?;;;/m1.../s1. The zero-order valence-electron chi connectivity index (χ0n) is 49.2. The first-order valence-corrected chi connectivity index (χ1v) is 28.8. The molecule has 0 aliphatic carbocycles. The number of rotatable bonds is 17. The zero-order valence-corrected chi connectivity index (χ0v) is 51.6. The minimum Gasteiger partial charge on any atom is -0.383 e. The zero-order chi connectivity index (χ0) is 59.4. The van der Waals surface area contributed by atoms with Crippen LogP contribution < -0.4 is 36.8 Å². The van der Waals surface area contributed by atoms with Gasteiger partial charge in [0.25, 0.3) is 11.8 Å². The van der Waals surface area contributed by atoms with Crippen LogP contribution in [0.4, 0.5) is 35.9 Å². The number of anilines is 4. The van der Waals surface area contributed by atoms with E-state index in [0.29, 0.717) is 76.5 Å². The van der Waals surface area contributed by atoms with Gasteiger partial charge in [0.2, 0.25) is 23.6 Å². The normalized spacial score (nSPS) is 21.7. The summed E-state index contributed by atoms with van der Waals surface area (Å²) in [6.07, 6.45) is 1.44. The van der Waals surface area contributed by atoms with Gasteiger partial charge in [-0.25, -0.2) is 18.1 Å². The molecule has 10 rings (SSSR count). The second-order valence-corrected chi connectivity index (χ2v) is 23.0. The molecule has 0 spiro atoms. The number of amides is 6. The third-order valence-electron chi connectivity index (χ3n) is 17.2. The Morgan fingerprint density at radius 1 is 0.816 bits per heavy atom. The minimum atomic E-state index is -1.46. The lowest BCUT2D eigenvalue weighted by Crippen LogP contribution is -2.62. The van der Waals surface area contributed by atoms with Crippen molar-refractivity contribution >= 4 is 95.4 Å². The number of fused-ring (bicyclic) bond motifs is 2. The second-order valence-electron chi connectivity index (χ2n) is 23.0. The summed E-state index contributed by atoms with van der Waals surface area (Å²) in [4.78, 5) is 94.6. The Morgan fingerprint density at radius 2 is 1.52 bits per heavy atom. The smallest absolute Gasteiger partial charge is 0.255 e. The SMILES string of the molecule is CN[C@@H](C)C(=O)N[C@H](C(=O)N1Cc2ccc(NC(=O)c3ccc(N(C(=O)CN4C[C@@H](C)NC[C@@H]4CN4CCOC[C@H]4C)C(=O)C4(C)CNc5cc(Cc6ccc(F)cc6)ccc54)cc3)cc2[C@H]1C(=O)Nc1c(F)cccc1F)C1CCOCC1.Cl.Cl.Cl. The van der Waals surface area contributed by atoms with Crippen molar-refractivity contribution in [2.75, 3.05) is 93.6 Å². The first-order valence-electron chi connectivity index (χ1n) is 28.8. The summed E-state index contributed by atoms with van der Waals surface area (Å²) in [7, 11) is 1.61. The van der Waals surface area contributed by atoms with Gasteiger partial charge in [-0.1, -0.05) is 36.4 Å². The van der Waals surface area contributed by atoms with Crippen LogP contribution in [0.15, 0.2) is 103 Å². The lowest BCUT2D eigenvalue weighted by molar-refractivity contribution is -0.144. The quantitative estimate of drug-likeness (QED) is 0.0539. The number of benzene rings is 5. The van der Waals surface area contributed by atoms with Crippen LogP contribution in [0.3, 0.4) is 0 Å². The molecule has 0 bridgehead atoms. The molecule has 24 heteroatoms. The Morgan fingerprint density at radius 3 is 2.21 bits per heavy atom. The third kappa shape index (κ3) is 15.1. The van der Waals surface area contributed by atoms with Crippen molar-refractivity contribution in [3.63, 3.8) is 0 Å². The Labute approximate surface area is 523 Å². The summed E-state index contributed by atoms with van der Waals surface area (Å²) in [6, 6.07) is 23.3. The Bertz CT molecular complexity index is 3270. The molecule has 5 aromatic rings. The average molecular weight is 1260 g/mol. The summed E-state index contributed by atoms with van der Waals surface area (Å²) in [5, 5.41) is 18.0. The molecular formula is C63H76Cl3F3N10O8. The fourth-order valence-electron chi connectivity index (χ4n) is 12.1. The van der Waals surface area contributed by atoms with Gasteiger partial charge in [0, 0.05) is 87.5 Å². The van der Waals surface area contributed by atoms with Gasteiger partial charge in [0.05, 0.1) is 36.9 Å². The van der Waals surface area contributed by atoms with Crippen molar-refractivity contribution in [1.82, 2.24) is 30.7 Å². The van der Waals surface area contributed by atoms with Gasteiger partial charge >= 0.3 is 0 Å². The van der Waals surface area contributed by atoms with Crippen LogP contribution in [-0.2, 0) is 51.8 Å². The van der Waals surface area contributed by atoms with E-state index >= 15 is 18.4 Å². The number of nitrogens with zero attached hydrogens (tertiary/aromatic N) is 4. The maximum atomic E-state index is 15.4. The van der Waals surface area contributed by atoms with E-state index in [-0.39, 0.29) is 109 Å². The van der Waals surface area contributed by atoms with E-state index < -0.39 is 76.3 Å². The number of carbonyl (C=O) groups is 6. The van der Waals surface area contributed by atoms with Crippen LogP contribution in [0, 0.1) is 23.4 Å².